The van der Waals surface area contributed by atoms with E-state index in [0.29, 0.717) is 30.7 Å². The van der Waals surface area contributed by atoms with Crippen molar-refractivity contribution in [3.63, 3.8) is 0 Å². The van der Waals surface area contributed by atoms with Crippen LogP contribution in [0.1, 0.15) is 108 Å². The lowest BCUT2D eigenvalue weighted by Gasteiger charge is -2.38. The lowest BCUT2D eigenvalue weighted by Crippen LogP contribution is -2.53. The molecule has 2 aliphatic rings. The van der Waals surface area contributed by atoms with E-state index in [-0.39, 0.29) is 126 Å². The Bertz CT molecular complexity index is 3080. The Labute approximate surface area is 525 Å². The fraction of sp³-hybridized carbons (Fsp3) is 0.516. The topological polar surface area (TPSA) is 280 Å². The molecule has 2 fully saturated rings. The number of ether oxygens (including phenoxy) is 6. The maximum atomic E-state index is 14.8. The third-order valence-electron chi connectivity index (χ3n) is 16.4. The average molecular weight is 1270 g/mol. The number of alkyl carbamates (subject to hydrolysis) is 1. The van der Waals surface area contributed by atoms with E-state index in [1.165, 1.54) is 51.5 Å². The molecule has 7 amide bonds. The highest BCUT2D eigenvalue weighted by molar-refractivity contribution is 6.74. The number of methoxy groups -OCH3 is 2. The largest absolute Gasteiger partial charge is 0.493 e. The summed E-state index contributed by atoms with van der Waals surface area (Å²) in [7, 11) is -1.56. The van der Waals surface area contributed by atoms with Crippen molar-refractivity contribution >= 4 is 75.6 Å². The molecule has 23 nitrogen and oxygen atoms in total. The van der Waals surface area contributed by atoms with Gasteiger partial charge in [-0.2, -0.15) is 0 Å². The number of hydrogen-bond donors (Lipinski definition) is 6. The zero-order valence-electron chi connectivity index (χ0n) is 54.4. The van der Waals surface area contributed by atoms with E-state index in [1.807, 2.05) is 0 Å². The predicted octanol–water partition coefficient (Wildman–Crippen LogP) is 11.4. The number of carboxylic acid groups (broad SMARTS) is 1. The first-order chi connectivity index (χ1) is 41.6. The van der Waals surface area contributed by atoms with Gasteiger partial charge in [-0.3, -0.25) is 29.8 Å². The number of carbonyl (C=O) groups excluding carboxylic acids is 6. The molecule has 3 aromatic rings. The third kappa shape index (κ3) is 19.8. The Hall–Kier alpha value is -7.88. The first kappa shape index (κ1) is 71.9. The third-order valence-corrected chi connectivity index (χ3v) is 25.4. The Morgan fingerprint density at radius 3 is 1.55 bits per heavy atom. The summed E-state index contributed by atoms with van der Waals surface area (Å²) < 4.78 is 47.6. The highest BCUT2D eigenvalue weighted by Crippen LogP contribution is 2.41. The maximum absolute atomic E-state index is 14.8. The van der Waals surface area contributed by atoms with Crippen molar-refractivity contribution in [1.29, 1.82) is 0 Å². The smallest absolute Gasteiger partial charge is 0.411 e. The van der Waals surface area contributed by atoms with Gasteiger partial charge in [-0.05, 0) is 91.8 Å². The molecule has 0 saturated carbocycles. The van der Waals surface area contributed by atoms with Crippen LogP contribution in [-0.2, 0) is 34.5 Å². The lowest BCUT2D eigenvalue weighted by atomic mass is 10.0. The Balaban J connectivity index is 1.32. The molecule has 0 spiro atoms. The maximum Gasteiger partial charge on any atom is 0.411 e. The van der Waals surface area contributed by atoms with Gasteiger partial charge >= 0.3 is 18.3 Å². The summed E-state index contributed by atoms with van der Waals surface area (Å²) in [5.41, 5.74) is 2.82. The van der Waals surface area contributed by atoms with Gasteiger partial charge < -0.3 is 68.1 Å². The van der Waals surface area contributed by atoms with Crippen molar-refractivity contribution < 1.29 is 75.9 Å². The van der Waals surface area contributed by atoms with E-state index in [1.54, 1.807) is 47.9 Å². The zero-order chi connectivity index (χ0) is 66.3. The van der Waals surface area contributed by atoms with E-state index in [2.05, 4.69) is 114 Å². The number of amides is 7. The summed E-state index contributed by atoms with van der Waals surface area (Å²) in [6.45, 7) is 39.2. The second kappa shape index (κ2) is 31.0. The second-order valence-electron chi connectivity index (χ2n) is 25.7. The molecule has 5 rings (SSSR count). The molecule has 4 atom stereocenters. The molecule has 2 heterocycles. The predicted molar refractivity (Wildman–Crippen MR) is 346 cm³/mol. The van der Waals surface area contributed by atoms with Crippen LogP contribution < -0.4 is 45.5 Å². The van der Waals surface area contributed by atoms with E-state index in [0.717, 1.165) is 11.1 Å². The number of carbonyl (C=O) groups is 7. The molecule has 0 bridgehead atoms. The van der Waals surface area contributed by atoms with Crippen molar-refractivity contribution in [1.82, 2.24) is 20.4 Å². The fourth-order valence-corrected chi connectivity index (χ4v) is 11.2. The summed E-state index contributed by atoms with van der Waals surface area (Å²) in [6.07, 6.45) is -0.383. The van der Waals surface area contributed by atoms with E-state index in [4.69, 9.17) is 37.3 Å². The summed E-state index contributed by atoms with van der Waals surface area (Å²) >= 11 is 0. The minimum Gasteiger partial charge on any atom is -0.493 e. The van der Waals surface area contributed by atoms with Crippen LogP contribution >= 0.6 is 0 Å². The van der Waals surface area contributed by atoms with Gasteiger partial charge in [0.1, 0.15) is 25.3 Å². The van der Waals surface area contributed by atoms with Gasteiger partial charge in [-0.1, -0.05) is 104 Å². The van der Waals surface area contributed by atoms with Crippen LogP contribution in [0.15, 0.2) is 85.5 Å². The van der Waals surface area contributed by atoms with Crippen LogP contribution in [0.3, 0.4) is 0 Å². The van der Waals surface area contributed by atoms with E-state index < -0.39 is 70.6 Å². The molecule has 2 aliphatic heterocycles. The van der Waals surface area contributed by atoms with Gasteiger partial charge in [-0.25, -0.2) is 14.4 Å². The highest BCUT2D eigenvalue weighted by Gasteiger charge is 2.42. The number of likely N-dealkylation sites (tertiary alicyclic amines) is 2. The van der Waals surface area contributed by atoms with Crippen LogP contribution in [0.4, 0.5) is 31.4 Å². The minimum atomic E-state index is -2.23. The number of benzene rings is 3. The summed E-state index contributed by atoms with van der Waals surface area (Å²) in [4.78, 5) is 96.8. The minimum absolute atomic E-state index is 0.00580. The normalized spacial score (nSPS) is 16.0. The SMILES string of the molecule is C=CCOC(=O)N[C@H](C(=O)N[C@@H](C)C(=O)Nc1ccc(COC(=O)Nc2cc(OCCCOc3cc(NC(=O)O)c(C(=O)N4CC(=C)C[C@H]4CO[Si](C)(C)C(C)(C)C)cc3OC)c(OC)cc2C(=O)N2CC(=C)C[C@H]2CO[Si](C)(C)C(C)(C)C)cc1)C(C)C. The molecule has 89 heavy (non-hydrogen) atoms. The summed E-state index contributed by atoms with van der Waals surface area (Å²) in [6, 6.07) is 9.67. The Morgan fingerprint density at radius 2 is 1.12 bits per heavy atom. The summed E-state index contributed by atoms with van der Waals surface area (Å²) in [5.74, 6) is -1.58. The van der Waals surface area contributed by atoms with Gasteiger partial charge in [0, 0.05) is 37.3 Å². The molecule has 2 saturated heterocycles. The van der Waals surface area contributed by atoms with Gasteiger partial charge in [-0.15, -0.1) is 0 Å². The van der Waals surface area contributed by atoms with Crippen molar-refractivity contribution in [3.05, 3.63) is 102 Å². The lowest BCUT2D eigenvalue weighted by molar-refractivity contribution is -0.128. The van der Waals surface area contributed by atoms with Crippen LogP contribution in [0.25, 0.3) is 0 Å². The van der Waals surface area contributed by atoms with E-state index in [9.17, 15) is 38.7 Å². The Kier molecular flexibility index (Phi) is 25.1. The molecule has 0 aliphatic carbocycles. The molecule has 25 heteroatoms. The molecule has 0 aromatic heterocycles. The van der Waals surface area contributed by atoms with Gasteiger partial charge in [0.05, 0.1) is 75.2 Å². The van der Waals surface area contributed by atoms with Crippen molar-refractivity contribution in [2.24, 2.45) is 5.92 Å². The van der Waals surface area contributed by atoms with Crippen LogP contribution in [0, 0.1) is 5.92 Å². The van der Waals surface area contributed by atoms with Crippen molar-refractivity contribution in [2.45, 2.75) is 149 Å². The van der Waals surface area contributed by atoms with Crippen molar-refractivity contribution in [3.8, 4) is 23.0 Å². The standard InChI is InChI=1S/C64H93N7O16Si2/c1-19-25-84-62(79)69-55(39(2)3)57(73)65-42(6)56(72)66-44-23-21-43(22-24-44)36-85-61(78)68-50-33-54(52(81-14)31-48(50)59(75)71-35-41(5)29-46(71)38-87-89(17,18)64(10,11)12)83-27-20-26-82-53-32-49(67-60(76)77)47(30-51(53)80-13)58(74)70-34-40(4)28-45(70)37-86-88(15,16)63(7,8)9/h19,21-24,30-33,39,42,45-46,55,67H,1,4-5,20,25-29,34-38H2,2-3,6-18H3,(H,65,73)(H,66,72)(H,68,78)(H,69,79)(H,76,77)/t42-,45-,46-,55-/m0/s1. The second-order valence-corrected chi connectivity index (χ2v) is 35.3. The van der Waals surface area contributed by atoms with E-state index >= 15 is 0 Å². The monoisotopic (exact) mass is 1270 g/mol. The molecule has 3 aromatic carbocycles. The first-order valence-electron chi connectivity index (χ1n) is 29.7. The number of nitrogens with zero attached hydrogens (tertiary/aromatic N) is 2. The quantitative estimate of drug-likeness (QED) is 0.0224. The number of anilines is 3. The number of hydrogen-bond acceptors (Lipinski definition) is 15. The molecular formula is C64H93N7O16Si2. The molecule has 6 N–H and O–H groups in total. The van der Waals surface area contributed by atoms with Crippen LogP contribution in [-0.4, -0.2) is 158 Å². The van der Waals surface area contributed by atoms with Gasteiger partial charge in [0.25, 0.3) is 11.8 Å². The first-order valence-corrected chi connectivity index (χ1v) is 35.5. The number of nitrogens with one attached hydrogen (secondary N) is 5. The fourth-order valence-electron chi connectivity index (χ4n) is 9.08. The molecule has 0 radical (unpaired) electrons. The molecule has 488 valence electrons. The van der Waals surface area contributed by atoms with Gasteiger partial charge in [0.2, 0.25) is 11.8 Å². The zero-order valence-corrected chi connectivity index (χ0v) is 56.4. The Morgan fingerprint density at radius 1 is 0.652 bits per heavy atom. The molecule has 0 unspecified atom stereocenters. The van der Waals surface area contributed by atoms with Crippen molar-refractivity contribution in [2.75, 3.05) is 76.3 Å². The van der Waals surface area contributed by atoms with Crippen LogP contribution in [0.2, 0.25) is 36.3 Å². The average Bonchev–Trinajstić information content (AvgIpc) is 2.39. The molecular weight excluding hydrogens is 1180 g/mol. The highest BCUT2D eigenvalue weighted by atomic mass is 28.4. The number of rotatable bonds is 28. The van der Waals surface area contributed by atoms with Gasteiger partial charge in [0.15, 0.2) is 39.6 Å². The summed E-state index contributed by atoms with van der Waals surface area (Å²) in [5, 5.41) is 22.7. The van der Waals surface area contributed by atoms with Crippen LogP contribution in [0.5, 0.6) is 23.0 Å².